The zero-order valence-electron chi connectivity index (χ0n) is 10.5. The zero-order chi connectivity index (χ0) is 13.0. The number of rotatable bonds is 5. The highest BCUT2D eigenvalue weighted by Crippen LogP contribution is 2.25. The van der Waals surface area contributed by atoms with E-state index in [0.29, 0.717) is 6.42 Å². The first-order valence-corrected chi connectivity index (χ1v) is 6.64. The summed E-state index contributed by atoms with van der Waals surface area (Å²) in [5.41, 5.74) is 1.92. The molecule has 0 bridgehead atoms. The number of methoxy groups -OCH3 is 1. The van der Waals surface area contributed by atoms with E-state index in [-0.39, 0.29) is 0 Å². The molecular weight excluding hydrogens is 248 g/mol. The molecule has 2 rings (SSSR count). The lowest BCUT2D eigenvalue weighted by molar-refractivity contribution is 0.181. The van der Waals surface area contributed by atoms with Crippen molar-refractivity contribution in [1.82, 2.24) is 9.59 Å². The van der Waals surface area contributed by atoms with Crippen molar-refractivity contribution in [2.24, 2.45) is 0 Å². The topological polar surface area (TPSA) is 55.2 Å². The number of ether oxygens (including phenoxy) is 1. The van der Waals surface area contributed by atoms with E-state index < -0.39 is 6.10 Å². The Kier molecular flexibility index (Phi) is 4.28. The Bertz CT molecular complexity index is 513. The van der Waals surface area contributed by atoms with E-state index in [1.807, 2.05) is 31.2 Å². The third kappa shape index (κ3) is 2.86. The van der Waals surface area contributed by atoms with Crippen LogP contribution >= 0.6 is 11.5 Å². The number of hydrogen-bond acceptors (Lipinski definition) is 5. The molecule has 0 aliphatic carbocycles. The van der Waals surface area contributed by atoms with Crippen molar-refractivity contribution in [1.29, 1.82) is 0 Å². The monoisotopic (exact) mass is 264 g/mol. The quantitative estimate of drug-likeness (QED) is 0.901. The smallest absolute Gasteiger partial charge is 0.119 e. The average molecular weight is 264 g/mol. The Morgan fingerprint density at radius 1 is 1.44 bits per heavy atom. The molecule has 0 aliphatic rings. The number of nitrogens with zero attached hydrogens (tertiary/aromatic N) is 2. The molecule has 18 heavy (non-hydrogen) atoms. The van der Waals surface area contributed by atoms with Gasteiger partial charge in [0.2, 0.25) is 0 Å². The molecular formula is C13H16N2O2S. The molecule has 1 aromatic heterocycles. The van der Waals surface area contributed by atoms with Gasteiger partial charge in [-0.2, -0.15) is 0 Å². The number of aliphatic hydroxyl groups excluding tert-OH is 1. The maximum Gasteiger partial charge on any atom is 0.119 e. The van der Waals surface area contributed by atoms with E-state index in [0.717, 1.165) is 28.3 Å². The van der Waals surface area contributed by atoms with Crippen LogP contribution in [0.25, 0.3) is 0 Å². The first-order chi connectivity index (χ1) is 8.74. The van der Waals surface area contributed by atoms with Gasteiger partial charge in [-0.3, -0.25) is 0 Å². The molecule has 0 fully saturated rings. The largest absolute Gasteiger partial charge is 0.497 e. The van der Waals surface area contributed by atoms with Gasteiger partial charge >= 0.3 is 0 Å². The predicted molar refractivity (Wildman–Crippen MR) is 70.9 cm³/mol. The summed E-state index contributed by atoms with van der Waals surface area (Å²) in [5, 5.41) is 14.2. The second kappa shape index (κ2) is 5.93. The molecule has 1 N–H and O–H groups in total. The standard InChI is InChI=1S/C13H16N2O2S/c1-3-11-13(18-15-14-11)12(16)8-9-5-4-6-10(7-9)17-2/h4-7,12,16H,3,8H2,1-2H3. The van der Waals surface area contributed by atoms with E-state index in [9.17, 15) is 5.11 Å². The molecule has 4 nitrogen and oxygen atoms in total. The Morgan fingerprint density at radius 2 is 2.28 bits per heavy atom. The number of aryl methyl sites for hydroxylation is 1. The van der Waals surface area contributed by atoms with Crippen molar-refractivity contribution in [2.45, 2.75) is 25.9 Å². The lowest BCUT2D eigenvalue weighted by atomic mass is 10.1. The molecule has 0 spiro atoms. The number of aromatic nitrogens is 2. The van der Waals surface area contributed by atoms with E-state index in [2.05, 4.69) is 9.59 Å². The van der Waals surface area contributed by atoms with Gasteiger partial charge in [0.25, 0.3) is 0 Å². The minimum absolute atomic E-state index is 0.549. The van der Waals surface area contributed by atoms with Crippen molar-refractivity contribution in [3.63, 3.8) is 0 Å². The van der Waals surface area contributed by atoms with Crippen LogP contribution in [-0.2, 0) is 12.8 Å². The van der Waals surface area contributed by atoms with Gasteiger partial charge in [0, 0.05) is 6.42 Å². The number of hydrogen-bond donors (Lipinski definition) is 1. The van der Waals surface area contributed by atoms with Gasteiger partial charge in [0.15, 0.2) is 0 Å². The fraction of sp³-hybridized carbons (Fsp3) is 0.385. The number of aliphatic hydroxyl groups is 1. The van der Waals surface area contributed by atoms with Crippen molar-refractivity contribution in [3.05, 3.63) is 40.4 Å². The van der Waals surface area contributed by atoms with Crippen LogP contribution in [0.4, 0.5) is 0 Å². The van der Waals surface area contributed by atoms with Crippen LogP contribution in [-0.4, -0.2) is 21.8 Å². The molecule has 0 aliphatic heterocycles. The Balaban J connectivity index is 2.13. The summed E-state index contributed by atoms with van der Waals surface area (Å²) in [6.07, 6.45) is 0.793. The Hall–Kier alpha value is -1.46. The lowest BCUT2D eigenvalue weighted by Gasteiger charge is -2.10. The zero-order valence-corrected chi connectivity index (χ0v) is 11.3. The molecule has 2 aromatic rings. The third-order valence-electron chi connectivity index (χ3n) is 2.79. The summed E-state index contributed by atoms with van der Waals surface area (Å²) in [6.45, 7) is 2.01. The highest BCUT2D eigenvalue weighted by molar-refractivity contribution is 7.05. The van der Waals surface area contributed by atoms with E-state index in [1.54, 1.807) is 7.11 Å². The predicted octanol–water partition coefficient (Wildman–Crippen LogP) is 2.39. The van der Waals surface area contributed by atoms with Crippen LogP contribution in [0, 0.1) is 0 Å². The molecule has 1 heterocycles. The molecule has 0 radical (unpaired) electrons. The summed E-state index contributed by atoms with van der Waals surface area (Å²) >= 11 is 1.27. The second-order valence-corrected chi connectivity index (χ2v) is 4.79. The third-order valence-corrected chi connectivity index (χ3v) is 3.65. The fourth-order valence-electron chi connectivity index (χ4n) is 1.83. The van der Waals surface area contributed by atoms with Gasteiger partial charge < -0.3 is 9.84 Å². The van der Waals surface area contributed by atoms with E-state index in [1.165, 1.54) is 11.5 Å². The minimum Gasteiger partial charge on any atom is -0.497 e. The second-order valence-electron chi connectivity index (χ2n) is 4.01. The fourth-order valence-corrected chi connectivity index (χ4v) is 2.55. The van der Waals surface area contributed by atoms with Crippen molar-refractivity contribution < 1.29 is 9.84 Å². The van der Waals surface area contributed by atoms with Gasteiger partial charge in [-0.15, -0.1) is 5.10 Å². The maximum atomic E-state index is 10.2. The highest BCUT2D eigenvalue weighted by Gasteiger charge is 2.16. The molecule has 0 saturated heterocycles. The van der Waals surface area contributed by atoms with Crippen LogP contribution in [0.15, 0.2) is 24.3 Å². The molecule has 1 atom stereocenters. The average Bonchev–Trinajstić information content (AvgIpc) is 2.87. The number of benzene rings is 1. The summed E-state index contributed by atoms with van der Waals surface area (Å²) in [4.78, 5) is 0.861. The van der Waals surface area contributed by atoms with Crippen LogP contribution in [0.1, 0.15) is 29.2 Å². The minimum atomic E-state index is -0.549. The van der Waals surface area contributed by atoms with Crippen LogP contribution in [0.3, 0.4) is 0 Å². The molecule has 0 amide bonds. The van der Waals surface area contributed by atoms with Crippen molar-refractivity contribution in [2.75, 3.05) is 7.11 Å². The molecule has 1 unspecified atom stereocenters. The lowest BCUT2D eigenvalue weighted by Crippen LogP contribution is -2.03. The van der Waals surface area contributed by atoms with E-state index >= 15 is 0 Å². The summed E-state index contributed by atoms with van der Waals surface area (Å²) in [5.74, 6) is 0.804. The maximum absolute atomic E-state index is 10.2. The van der Waals surface area contributed by atoms with Gasteiger partial charge in [-0.1, -0.05) is 23.5 Å². The molecule has 96 valence electrons. The van der Waals surface area contributed by atoms with Gasteiger partial charge in [-0.25, -0.2) is 0 Å². The van der Waals surface area contributed by atoms with Crippen molar-refractivity contribution >= 4 is 11.5 Å². The SMILES string of the molecule is CCc1nnsc1C(O)Cc1cccc(OC)c1. The summed E-state index contributed by atoms with van der Waals surface area (Å²) in [7, 11) is 1.64. The molecule has 5 heteroatoms. The summed E-state index contributed by atoms with van der Waals surface area (Å²) in [6, 6.07) is 7.73. The van der Waals surface area contributed by atoms with Gasteiger partial charge in [0.1, 0.15) is 5.75 Å². The van der Waals surface area contributed by atoms with E-state index in [4.69, 9.17) is 4.74 Å². The first kappa shape index (κ1) is 13.0. The van der Waals surface area contributed by atoms with Crippen molar-refractivity contribution in [3.8, 4) is 5.75 Å². The van der Waals surface area contributed by atoms with Crippen LogP contribution < -0.4 is 4.74 Å². The van der Waals surface area contributed by atoms with Crippen LogP contribution in [0.2, 0.25) is 0 Å². The van der Waals surface area contributed by atoms with Gasteiger partial charge in [0.05, 0.1) is 23.8 Å². The Morgan fingerprint density at radius 3 is 3.00 bits per heavy atom. The highest BCUT2D eigenvalue weighted by atomic mass is 32.1. The van der Waals surface area contributed by atoms with Crippen LogP contribution in [0.5, 0.6) is 5.75 Å². The Labute approximate surface area is 110 Å². The summed E-state index contributed by atoms with van der Waals surface area (Å²) < 4.78 is 9.06. The first-order valence-electron chi connectivity index (χ1n) is 5.86. The molecule has 0 saturated carbocycles. The normalized spacial score (nSPS) is 12.4. The molecule has 1 aromatic carbocycles. The van der Waals surface area contributed by atoms with Gasteiger partial charge in [-0.05, 0) is 35.6 Å².